The molecule has 2 nitrogen and oxygen atoms in total. The average molecular weight is 252 g/mol. The van der Waals surface area contributed by atoms with E-state index in [2.05, 4.69) is 0 Å². The quantitative estimate of drug-likeness (QED) is 0.776. The standard InChI is InChI=1S/C13H13FO2S/c1-4-8-10(16-3)6-12-9(13(8)14)5-11(17-12)7(2)15/h5-6H,4H2,1-3H3. The summed E-state index contributed by atoms with van der Waals surface area (Å²) in [5.74, 6) is 0.239. The molecule has 0 radical (unpaired) electrons. The Morgan fingerprint density at radius 2 is 2.18 bits per heavy atom. The molecule has 0 spiro atoms. The molecular weight excluding hydrogens is 239 g/mol. The molecule has 2 aromatic rings. The van der Waals surface area contributed by atoms with Crippen LogP contribution in [-0.4, -0.2) is 12.9 Å². The number of fused-ring (bicyclic) bond motifs is 1. The molecule has 0 aliphatic rings. The molecule has 1 aromatic carbocycles. The molecule has 0 atom stereocenters. The average Bonchev–Trinajstić information content (AvgIpc) is 2.73. The van der Waals surface area contributed by atoms with E-state index in [1.54, 1.807) is 12.1 Å². The van der Waals surface area contributed by atoms with E-state index in [1.807, 2.05) is 6.92 Å². The zero-order valence-corrected chi connectivity index (χ0v) is 10.8. The van der Waals surface area contributed by atoms with Crippen molar-refractivity contribution in [2.75, 3.05) is 7.11 Å². The van der Waals surface area contributed by atoms with E-state index in [-0.39, 0.29) is 11.6 Å². The van der Waals surface area contributed by atoms with E-state index < -0.39 is 0 Å². The van der Waals surface area contributed by atoms with Crippen molar-refractivity contribution in [3.05, 3.63) is 28.4 Å². The molecule has 1 heterocycles. The van der Waals surface area contributed by atoms with Crippen LogP contribution in [-0.2, 0) is 6.42 Å². The minimum absolute atomic E-state index is 0.0392. The monoisotopic (exact) mass is 252 g/mol. The van der Waals surface area contributed by atoms with Crippen LogP contribution in [0, 0.1) is 5.82 Å². The zero-order chi connectivity index (χ0) is 12.6. The Bertz CT molecular complexity index is 587. The molecule has 0 bridgehead atoms. The van der Waals surface area contributed by atoms with Crippen molar-refractivity contribution in [1.29, 1.82) is 0 Å². The van der Waals surface area contributed by atoms with Crippen LogP contribution in [0.4, 0.5) is 4.39 Å². The van der Waals surface area contributed by atoms with Crippen molar-refractivity contribution >= 4 is 27.2 Å². The molecular formula is C13H13FO2S. The van der Waals surface area contributed by atoms with Crippen LogP contribution in [0.2, 0.25) is 0 Å². The molecule has 0 aliphatic carbocycles. The van der Waals surface area contributed by atoms with Gasteiger partial charge in [-0.25, -0.2) is 4.39 Å². The van der Waals surface area contributed by atoms with E-state index in [4.69, 9.17) is 4.74 Å². The summed E-state index contributed by atoms with van der Waals surface area (Å²) in [5, 5.41) is 0.512. The van der Waals surface area contributed by atoms with E-state index in [9.17, 15) is 9.18 Å². The maximum atomic E-state index is 14.2. The normalized spacial score (nSPS) is 10.8. The Kier molecular flexibility index (Phi) is 3.15. The topological polar surface area (TPSA) is 26.3 Å². The third-order valence-corrected chi connectivity index (χ3v) is 3.93. The number of carbonyl (C=O) groups is 1. The lowest BCUT2D eigenvalue weighted by molar-refractivity contribution is 0.102. The summed E-state index contributed by atoms with van der Waals surface area (Å²) in [4.78, 5) is 11.9. The molecule has 0 aliphatic heterocycles. The van der Waals surface area contributed by atoms with E-state index in [0.717, 1.165) is 4.70 Å². The largest absolute Gasteiger partial charge is 0.496 e. The van der Waals surface area contributed by atoms with Crippen LogP contribution in [0.5, 0.6) is 5.75 Å². The molecule has 4 heteroatoms. The third-order valence-electron chi connectivity index (χ3n) is 2.74. The fourth-order valence-electron chi connectivity index (χ4n) is 1.85. The van der Waals surface area contributed by atoms with Gasteiger partial charge in [-0.2, -0.15) is 0 Å². The third kappa shape index (κ3) is 1.93. The van der Waals surface area contributed by atoms with E-state index in [1.165, 1.54) is 25.4 Å². The summed E-state index contributed by atoms with van der Waals surface area (Å²) < 4.78 is 20.1. The second-order valence-corrected chi connectivity index (χ2v) is 4.89. The van der Waals surface area contributed by atoms with Crippen molar-refractivity contribution in [3.63, 3.8) is 0 Å². The summed E-state index contributed by atoms with van der Waals surface area (Å²) >= 11 is 1.30. The summed E-state index contributed by atoms with van der Waals surface area (Å²) in [6.45, 7) is 3.37. The van der Waals surface area contributed by atoms with Crippen molar-refractivity contribution < 1.29 is 13.9 Å². The lowest BCUT2D eigenvalue weighted by Crippen LogP contribution is -1.94. The number of rotatable bonds is 3. The summed E-state index contributed by atoms with van der Waals surface area (Å²) in [7, 11) is 1.53. The van der Waals surface area contributed by atoms with Gasteiger partial charge in [0.25, 0.3) is 0 Å². The van der Waals surface area contributed by atoms with Crippen molar-refractivity contribution in [2.24, 2.45) is 0 Å². The van der Waals surface area contributed by atoms with Crippen LogP contribution >= 0.6 is 11.3 Å². The Labute approximate surface area is 103 Å². The Morgan fingerprint density at radius 1 is 1.47 bits per heavy atom. The maximum Gasteiger partial charge on any atom is 0.169 e. The molecule has 90 valence electrons. The highest BCUT2D eigenvalue weighted by atomic mass is 32.1. The van der Waals surface area contributed by atoms with Crippen LogP contribution < -0.4 is 4.74 Å². The second-order valence-electron chi connectivity index (χ2n) is 3.80. The zero-order valence-electron chi connectivity index (χ0n) is 9.96. The van der Waals surface area contributed by atoms with Gasteiger partial charge in [0.1, 0.15) is 11.6 Å². The Morgan fingerprint density at radius 3 is 2.71 bits per heavy atom. The van der Waals surface area contributed by atoms with E-state index in [0.29, 0.717) is 28.0 Å². The van der Waals surface area contributed by atoms with Gasteiger partial charge in [0.15, 0.2) is 5.78 Å². The number of halogens is 1. The van der Waals surface area contributed by atoms with Gasteiger partial charge >= 0.3 is 0 Å². The first-order valence-electron chi connectivity index (χ1n) is 5.38. The van der Waals surface area contributed by atoms with Gasteiger partial charge in [-0.3, -0.25) is 4.79 Å². The van der Waals surface area contributed by atoms with Gasteiger partial charge in [0.2, 0.25) is 0 Å². The van der Waals surface area contributed by atoms with Gasteiger partial charge in [-0.05, 0) is 25.5 Å². The molecule has 0 unspecified atom stereocenters. The summed E-state index contributed by atoms with van der Waals surface area (Å²) in [6.07, 6.45) is 0.566. The Balaban J connectivity index is 2.76. The van der Waals surface area contributed by atoms with Crippen LogP contribution in [0.25, 0.3) is 10.1 Å². The fourth-order valence-corrected chi connectivity index (χ4v) is 2.83. The first kappa shape index (κ1) is 12.0. The van der Waals surface area contributed by atoms with Crippen LogP contribution in [0.1, 0.15) is 29.1 Å². The summed E-state index contributed by atoms with van der Waals surface area (Å²) in [5.41, 5.74) is 0.563. The summed E-state index contributed by atoms with van der Waals surface area (Å²) in [6, 6.07) is 3.42. The van der Waals surface area contributed by atoms with Crippen LogP contribution in [0.3, 0.4) is 0 Å². The highest BCUT2D eigenvalue weighted by molar-refractivity contribution is 7.20. The first-order valence-corrected chi connectivity index (χ1v) is 6.20. The Hall–Kier alpha value is -1.42. The number of ketones is 1. The maximum absolute atomic E-state index is 14.2. The number of ether oxygens (including phenoxy) is 1. The van der Waals surface area contributed by atoms with Gasteiger partial charge in [-0.15, -0.1) is 11.3 Å². The number of Topliss-reactive ketones (excluding diaryl/α,β-unsaturated/α-hetero) is 1. The minimum atomic E-state index is -0.273. The van der Waals surface area contributed by atoms with Gasteiger partial charge < -0.3 is 4.74 Å². The van der Waals surface area contributed by atoms with Crippen molar-refractivity contribution in [1.82, 2.24) is 0 Å². The van der Waals surface area contributed by atoms with Gasteiger partial charge in [-0.1, -0.05) is 6.92 Å². The predicted octanol–water partition coefficient (Wildman–Crippen LogP) is 3.81. The van der Waals surface area contributed by atoms with E-state index >= 15 is 0 Å². The number of methoxy groups -OCH3 is 1. The number of hydrogen-bond acceptors (Lipinski definition) is 3. The van der Waals surface area contributed by atoms with Crippen molar-refractivity contribution in [2.45, 2.75) is 20.3 Å². The number of carbonyl (C=O) groups excluding carboxylic acids is 1. The van der Waals surface area contributed by atoms with Gasteiger partial charge in [0.05, 0.1) is 12.0 Å². The lowest BCUT2D eigenvalue weighted by Gasteiger charge is -2.08. The van der Waals surface area contributed by atoms with Crippen molar-refractivity contribution in [3.8, 4) is 5.75 Å². The van der Waals surface area contributed by atoms with Gasteiger partial charge in [0, 0.05) is 15.6 Å². The smallest absolute Gasteiger partial charge is 0.169 e. The highest BCUT2D eigenvalue weighted by Crippen LogP contribution is 2.35. The number of hydrogen-bond donors (Lipinski definition) is 0. The molecule has 2 rings (SSSR count). The highest BCUT2D eigenvalue weighted by Gasteiger charge is 2.16. The fraction of sp³-hybridized carbons (Fsp3) is 0.308. The predicted molar refractivity (Wildman–Crippen MR) is 67.7 cm³/mol. The SMILES string of the molecule is CCc1c(OC)cc2sc(C(C)=O)cc2c1F. The molecule has 0 saturated heterocycles. The number of benzene rings is 1. The second kappa shape index (κ2) is 4.45. The lowest BCUT2D eigenvalue weighted by atomic mass is 10.1. The molecule has 0 N–H and O–H groups in total. The first-order chi connectivity index (χ1) is 8.08. The molecule has 17 heavy (non-hydrogen) atoms. The minimum Gasteiger partial charge on any atom is -0.496 e. The molecule has 0 saturated carbocycles. The van der Waals surface area contributed by atoms with Crippen LogP contribution in [0.15, 0.2) is 12.1 Å². The molecule has 0 amide bonds. The molecule has 1 aromatic heterocycles. The molecule has 0 fully saturated rings. The number of thiophene rings is 1.